The molecule has 0 saturated carbocycles. The van der Waals surface area contributed by atoms with Crippen LogP contribution in [0.2, 0.25) is 0 Å². The second-order valence-corrected chi connectivity index (χ2v) is 8.55. The fourth-order valence-electron chi connectivity index (χ4n) is 4.29. The van der Waals surface area contributed by atoms with Gasteiger partial charge >= 0.3 is 0 Å². The molecule has 2 heterocycles. The number of likely N-dealkylation sites (N-methyl/N-ethyl adjacent to an activating group) is 1. The number of hydrogen-bond donors (Lipinski definition) is 2. The number of ether oxygens (including phenoxy) is 2. The number of H-pyrrole nitrogens is 1. The van der Waals surface area contributed by atoms with E-state index in [-0.39, 0.29) is 6.04 Å². The molecule has 0 bridgehead atoms. The molecule has 5 nitrogen and oxygen atoms in total. The first kappa shape index (κ1) is 21.2. The Balaban J connectivity index is 1.59. The molecule has 3 aromatic rings. The summed E-state index contributed by atoms with van der Waals surface area (Å²) in [5, 5.41) is 4.97. The van der Waals surface area contributed by atoms with Crippen molar-refractivity contribution in [2.75, 3.05) is 39.9 Å². The summed E-state index contributed by atoms with van der Waals surface area (Å²) in [5.74, 6) is 1.57. The number of hydrogen-bond acceptors (Lipinski definition) is 4. The highest BCUT2D eigenvalue weighted by molar-refractivity contribution is 9.10. The van der Waals surface area contributed by atoms with Crippen LogP contribution >= 0.6 is 15.9 Å². The van der Waals surface area contributed by atoms with Gasteiger partial charge in [-0.1, -0.05) is 35.8 Å². The van der Waals surface area contributed by atoms with Gasteiger partial charge in [-0.05, 0) is 61.0 Å². The number of benzene rings is 2. The van der Waals surface area contributed by atoms with Crippen LogP contribution in [0, 0.1) is 0 Å². The third-order valence-corrected chi connectivity index (χ3v) is 6.49. The molecule has 0 saturated heterocycles. The van der Waals surface area contributed by atoms with E-state index in [0.717, 1.165) is 48.6 Å². The van der Waals surface area contributed by atoms with E-state index in [4.69, 9.17) is 9.47 Å². The van der Waals surface area contributed by atoms with Crippen molar-refractivity contribution in [1.29, 1.82) is 0 Å². The van der Waals surface area contributed by atoms with Crippen molar-refractivity contribution in [1.82, 2.24) is 15.2 Å². The Hall–Kier alpha value is -2.02. The van der Waals surface area contributed by atoms with Gasteiger partial charge in [0.1, 0.15) is 6.61 Å². The number of methoxy groups -OCH3 is 1. The van der Waals surface area contributed by atoms with Gasteiger partial charge in [-0.2, -0.15) is 0 Å². The summed E-state index contributed by atoms with van der Waals surface area (Å²) in [6, 6.07) is 12.8. The van der Waals surface area contributed by atoms with Gasteiger partial charge in [-0.15, -0.1) is 0 Å². The van der Waals surface area contributed by atoms with Crippen LogP contribution in [0.15, 0.2) is 40.9 Å². The molecule has 30 heavy (non-hydrogen) atoms. The summed E-state index contributed by atoms with van der Waals surface area (Å²) >= 11 is 3.61. The molecule has 0 aliphatic carbocycles. The molecule has 6 heteroatoms. The standard InChI is InChI=1S/C24H30BrN3O2/c1-4-28(5-2)12-13-30-21-9-6-16(14-22(21)29-3)23-24-18(10-11-26-23)19-15-17(25)7-8-20(19)27-24/h6-9,14-15,23,26-27H,4-5,10-13H2,1-3H3. The number of aromatic amines is 1. The van der Waals surface area contributed by atoms with Crippen LogP contribution < -0.4 is 14.8 Å². The Labute approximate surface area is 186 Å². The quantitative estimate of drug-likeness (QED) is 0.490. The topological polar surface area (TPSA) is 49.5 Å². The van der Waals surface area contributed by atoms with Crippen LogP contribution in [0.25, 0.3) is 10.9 Å². The van der Waals surface area contributed by atoms with Crippen molar-refractivity contribution in [2.24, 2.45) is 0 Å². The average molecular weight is 472 g/mol. The Morgan fingerprint density at radius 2 is 1.93 bits per heavy atom. The lowest BCUT2D eigenvalue weighted by Crippen LogP contribution is -2.30. The van der Waals surface area contributed by atoms with E-state index in [0.29, 0.717) is 6.61 Å². The maximum absolute atomic E-state index is 6.04. The number of nitrogens with zero attached hydrogens (tertiary/aromatic N) is 1. The summed E-state index contributed by atoms with van der Waals surface area (Å²) in [7, 11) is 1.70. The molecular formula is C24H30BrN3O2. The fraction of sp³-hybridized carbons (Fsp3) is 0.417. The minimum atomic E-state index is 0.110. The molecule has 2 N–H and O–H groups in total. The van der Waals surface area contributed by atoms with Crippen molar-refractivity contribution in [2.45, 2.75) is 26.3 Å². The van der Waals surface area contributed by atoms with Gasteiger partial charge < -0.3 is 24.7 Å². The Morgan fingerprint density at radius 3 is 2.70 bits per heavy atom. The maximum Gasteiger partial charge on any atom is 0.161 e. The van der Waals surface area contributed by atoms with Gasteiger partial charge in [0.15, 0.2) is 11.5 Å². The Morgan fingerprint density at radius 1 is 1.10 bits per heavy atom. The minimum Gasteiger partial charge on any atom is -0.493 e. The van der Waals surface area contributed by atoms with E-state index in [2.05, 4.69) is 75.3 Å². The zero-order valence-electron chi connectivity index (χ0n) is 17.9. The molecule has 1 aliphatic rings. The number of fused-ring (bicyclic) bond motifs is 3. The molecule has 1 atom stereocenters. The first-order valence-electron chi connectivity index (χ1n) is 10.7. The molecule has 0 radical (unpaired) electrons. The molecule has 0 spiro atoms. The molecule has 1 aromatic heterocycles. The number of halogens is 1. The first-order valence-corrected chi connectivity index (χ1v) is 11.5. The number of rotatable bonds is 8. The van der Waals surface area contributed by atoms with Gasteiger partial charge in [-0.3, -0.25) is 0 Å². The fourth-order valence-corrected chi connectivity index (χ4v) is 4.65. The Kier molecular flexibility index (Phi) is 6.66. The second-order valence-electron chi connectivity index (χ2n) is 7.63. The monoisotopic (exact) mass is 471 g/mol. The smallest absolute Gasteiger partial charge is 0.161 e. The van der Waals surface area contributed by atoms with Crippen molar-refractivity contribution >= 4 is 26.8 Å². The number of aromatic nitrogens is 1. The van der Waals surface area contributed by atoms with Gasteiger partial charge in [-0.25, -0.2) is 0 Å². The molecule has 1 aliphatic heterocycles. The largest absolute Gasteiger partial charge is 0.493 e. The zero-order valence-corrected chi connectivity index (χ0v) is 19.5. The van der Waals surface area contributed by atoms with Crippen LogP contribution in [0.3, 0.4) is 0 Å². The van der Waals surface area contributed by atoms with Crippen LogP contribution in [0.4, 0.5) is 0 Å². The van der Waals surface area contributed by atoms with Crippen LogP contribution in [-0.4, -0.2) is 49.8 Å². The van der Waals surface area contributed by atoms with E-state index >= 15 is 0 Å². The summed E-state index contributed by atoms with van der Waals surface area (Å²) in [4.78, 5) is 5.99. The van der Waals surface area contributed by atoms with Crippen LogP contribution in [-0.2, 0) is 6.42 Å². The van der Waals surface area contributed by atoms with Gasteiger partial charge in [0.25, 0.3) is 0 Å². The summed E-state index contributed by atoms with van der Waals surface area (Å²) in [5.41, 5.74) is 5.00. The highest BCUT2D eigenvalue weighted by atomic mass is 79.9. The predicted octanol–water partition coefficient (Wildman–Crippen LogP) is 4.89. The predicted molar refractivity (Wildman–Crippen MR) is 126 cm³/mol. The lowest BCUT2D eigenvalue weighted by molar-refractivity contribution is 0.217. The molecule has 2 aromatic carbocycles. The molecule has 0 fully saturated rings. The molecular weight excluding hydrogens is 442 g/mol. The second kappa shape index (κ2) is 9.41. The normalized spacial score (nSPS) is 16.1. The van der Waals surface area contributed by atoms with Crippen molar-refractivity contribution in [3.63, 3.8) is 0 Å². The molecule has 4 rings (SSSR count). The third-order valence-electron chi connectivity index (χ3n) is 5.99. The van der Waals surface area contributed by atoms with Crippen LogP contribution in [0.5, 0.6) is 11.5 Å². The lowest BCUT2D eigenvalue weighted by atomic mass is 9.94. The van der Waals surface area contributed by atoms with E-state index in [9.17, 15) is 0 Å². The molecule has 1 unspecified atom stereocenters. The van der Waals surface area contributed by atoms with E-state index in [1.54, 1.807) is 7.11 Å². The summed E-state index contributed by atoms with van der Waals surface area (Å²) in [6.45, 7) is 8.93. The first-order chi connectivity index (χ1) is 14.6. The Bertz CT molecular complexity index is 1010. The maximum atomic E-state index is 6.04. The molecule has 160 valence electrons. The zero-order chi connectivity index (χ0) is 21.1. The van der Waals surface area contributed by atoms with Crippen LogP contribution in [0.1, 0.15) is 36.7 Å². The van der Waals surface area contributed by atoms with Crippen molar-refractivity contribution in [3.8, 4) is 11.5 Å². The van der Waals surface area contributed by atoms with Gasteiger partial charge in [0, 0.05) is 34.2 Å². The third kappa shape index (κ3) is 4.22. The SMILES string of the molecule is CCN(CC)CCOc1ccc(C2NCCc3c2[nH]c2ccc(Br)cc32)cc1OC. The van der Waals surface area contributed by atoms with E-state index < -0.39 is 0 Å². The van der Waals surface area contributed by atoms with E-state index in [1.165, 1.54) is 27.7 Å². The molecule has 0 amide bonds. The lowest BCUT2D eigenvalue weighted by Gasteiger charge is -2.25. The number of nitrogens with one attached hydrogen (secondary N) is 2. The minimum absolute atomic E-state index is 0.110. The highest BCUT2D eigenvalue weighted by Crippen LogP contribution is 2.37. The van der Waals surface area contributed by atoms with Gasteiger partial charge in [0.05, 0.1) is 13.2 Å². The summed E-state index contributed by atoms with van der Waals surface area (Å²) in [6.07, 6.45) is 1.02. The van der Waals surface area contributed by atoms with Crippen molar-refractivity contribution < 1.29 is 9.47 Å². The summed E-state index contributed by atoms with van der Waals surface area (Å²) < 4.78 is 12.8. The highest BCUT2D eigenvalue weighted by Gasteiger charge is 2.26. The van der Waals surface area contributed by atoms with E-state index in [1.807, 2.05) is 6.07 Å². The average Bonchev–Trinajstić information content (AvgIpc) is 3.15. The van der Waals surface area contributed by atoms with Crippen molar-refractivity contribution in [3.05, 3.63) is 57.7 Å². The van der Waals surface area contributed by atoms with Gasteiger partial charge in [0.2, 0.25) is 0 Å².